The normalized spacial score (nSPS) is 10.5. The molecule has 0 radical (unpaired) electrons. The summed E-state index contributed by atoms with van der Waals surface area (Å²) in [6.45, 7) is 0. The number of pyridine rings is 1. The fraction of sp³-hybridized carbons (Fsp3) is 0.222. The maximum absolute atomic E-state index is 12.8. The summed E-state index contributed by atoms with van der Waals surface area (Å²) in [5, 5.41) is 7.52. The topological polar surface area (TPSA) is 51.8 Å². The minimum atomic E-state index is -0.440. The Labute approximate surface area is 90.1 Å². The molecule has 0 N–H and O–H groups in total. The van der Waals surface area contributed by atoms with Crippen LogP contribution in [0.15, 0.2) is 22.9 Å². The maximum atomic E-state index is 12.8. The van der Waals surface area contributed by atoms with Crippen LogP contribution in [0.5, 0.6) is 0 Å². The van der Waals surface area contributed by atoms with Crippen LogP contribution in [0.4, 0.5) is 4.39 Å². The minimum absolute atomic E-state index is 0.252. The van der Waals surface area contributed by atoms with Crippen LogP contribution in [0.25, 0.3) is 11.5 Å². The molecule has 78 valence electrons. The van der Waals surface area contributed by atoms with Gasteiger partial charge in [0, 0.05) is 18.5 Å². The molecule has 0 atom stereocenters. The average molecular weight is 228 g/mol. The second-order valence-electron chi connectivity index (χ2n) is 2.83. The van der Waals surface area contributed by atoms with Crippen molar-refractivity contribution in [3.8, 4) is 11.5 Å². The van der Waals surface area contributed by atoms with E-state index in [9.17, 15) is 4.39 Å². The van der Waals surface area contributed by atoms with Crippen molar-refractivity contribution in [1.82, 2.24) is 15.2 Å². The molecule has 2 aromatic rings. The van der Waals surface area contributed by atoms with Gasteiger partial charge in [-0.25, -0.2) is 4.39 Å². The van der Waals surface area contributed by atoms with Crippen molar-refractivity contribution in [3.05, 3.63) is 30.2 Å². The summed E-state index contributed by atoms with van der Waals surface area (Å²) in [6, 6.07) is 1.28. The first kappa shape index (κ1) is 10.0. The highest BCUT2D eigenvalue weighted by molar-refractivity contribution is 6.17. The van der Waals surface area contributed by atoms with E-state index < -0.39 is 5.82 Å². The summed E-state index contributed by atoms with van der Waals surface area (Å²) < 4.78 is 18.1. The van der Waals surface area contributed by atoms with Gasteiger partial charge in [0.1, 0.15) is 5.82 Å². The molecule has 0 saturated heterocycles. The molecule has 2 aromatic heterocycles. The van der Waals surface area contributed by atoms with Gasteiger partial charge in [-0.3, -0.25) is 4.98 Å². The van der Waals surface area contributed by atoms with Gasteiger partial charge < -0.3 is 4.42 Å². The van der Waals surface area contributed by atoms with E-state index in [1.807, 2.05) is 0 Å². The number of aryl methyl sites for hydroxylation is 1. The van der Waals surface area contributed by atoms with Gasteiger partial charge in [0.05, 0.1) is 11.8 Å². The Morgan fingerprint density at radius 2 is 2.20 bits per heavy atom. The van der Waals surface area contributed by atoms with E-state index in [1.165, 1.54) is 12.3 Å². The Bertz CT molecular complexity index is 460. The molecular formula is C9H7ClFN3O. The van der Waals surface area contributed by atoms with Gasteiger partial charge in [0.2, 0.25) is 11.8 Å². The lowest BCUT2D eigenvalue weighted by Gasteiger charge is -1.92. The summed E-state index contributed by atoms with van der Waals surface area (Å²) in [4.78, 5) is 3.69. The van der Waals surface area contributed by atoms with Gasteiger partial charge in [0.25, 0.3) is 0 Å². The lowest BCUT2D eigenvalue weighted by molar-refractivity contribution is 0.512. The van der Waals surface area contributed by atoms with Crippen molar-refractivity contribution in [2.24, 2.45) is 0 Å². The number of halogens is 2. The standard InChI is InChI=1S/C9H7ClFN3O/c10-2-1-8-13-14-9(15-8)6-3-7(11)5-12-4-6/h3-5H,1-2H2. The molecular weight excluding hydrogens is 221 g/mol. The highest BCUT2D eigenvalue weighted by Crippen LogP contribution is 2.17. The van der Waals surface area contributed by atoms with Crippen molar-refractivity contribution in [2.75, 3.05) is 5.88 Å². The Balaban J connectivity index is 2.29. The Hall–Kier alpha value is -1.49. The molecule has 0 aromatic carbocycles. The lowest BCUT2D eigenvalue weighted by atomic mass is 10.3. The monoisotopic (exact) mass is 227 g/mol. The van der Waals surface area contributed by atoms with Crippen molar-refractivity contribution >= 4 is 11.6 Å². The van der Waals surface area contributed by atoms with Crippen LogP contribution in [-0.4, -0.2) is 21.1 Å². The van der Waals surface area contributed by atoms with Gasteiger partial charge in [0.15, 0.2) is 0 Å². The third-order valence-corrected chi connectivity index (χ3v) is 1.92. The van der Waals surface area contributed by atoms with Gasteiger partial charge >= 0.3 is 0 Å². The molecule has 0 amide bonds. The van der Waals surface area contributed by atoms with Crippen molar-refractivity contribution in [1.29, 1.82) is 0 Å². The second-order valence-corrected chi connectivity index (χ2v) is 3.21. The van der Waals surface area contributed by atoms with Crippen LogP contribution < -0.4 is 0 Å². The molecule has 6 heteroatoms. The van der Waals surface area contributed by atoms with Gasteiger partial charge in [-0.15, -0.1) is 21.8 Å². The zero-order chi connectivity index (χ0) is 10.7. The quantitative estimate of drug-likeness (QED) is 0.753. The van der Waals surface area contributed by atoms with Crippen molar-refractivity contribution < 1.29 is 8.81 Å². The zero-order valence-electron chi connectivity index (χ0n) is 7.65. The molecule has 0 aliphatic heterocycles. The molecule has 2 heterocycles. The molecule has 0 aliphatic rings. The summed E-state index contributed by atoms with van der Waals surface area (Å²) in [5.74, 6) is 0.652. The summed E-state index contributed by atoms with van der Waals surface area (Å²) >= 11 is 5.52. The largest absolute Gasteiger partial charge is 0.421 e. The molecule has 0 spiro atoms. The van der Waals surface area contributed by atoms with E-state index in [0.29, 0.717) is 23.8 Å². The highest BCUT2D eigenvalue weighted by atomic mass is 35.5. The maximum Gasteiger partial charge on any atom is 0.249 e. The molecule has 0 aliphatic carbocycles. The Morgan fingerprint density at radius 3 is 2.93 bits per heavy atom. The zero-order valence-corrected chi connectivity index (χ0v) is 8.41. The lowest BCUT2D eigenvalue weighted by Crippen LogP contribution is -1.84. The van der Waals surface area contributed by atoms with E-state index in [0.717, 1.165) is 6.20 Å². The van der Waals surface area contributed by atoms with Crippen LogP contribution in [0, 0.1) is 5.82 Å². The first-order valence-corrected chi connectivity index (χ1v) is 4.82. The van der Waals surface area contributed by atoms with Crippen molar-refractivity contribution in [2.45, 2.75) is 6.42 Å². The third kappa shape index (κ3) is 2.30. The molecule has 15 heavy (non-hydrogen) atoms. The van der Waals surface area contributed by atoms with Crippen LogP contribution in [-0.2, 0) is 6.42 Å². The van der Waals surface area contributed by atoms with Crippen LogP contribution in [0.1, 0.15) is 5.89 Å². The van der Waals surface area contributed by atoms with E-state index >= 15 is 0 Å². The first-order chi connectivity index (χ1) is 7.29. The summed E-state index contributed by atoms with van der Waals surface area (Å²) in [6.07, 6.45) is 3.07. The van der Waals surface area contributed by atoms with Gasteiger partial charge in [-0.2, -0.15) is 0 Å². The fourth-order valence-corrected chi connectivity index (χ4v) is 1.24. The van der Waals surface area contributed by atoms with Gasteiger partial charge in [-0.1, -0.05) is 0 Å². The van der Waals surface area contributed by atoms with E-state index in [-0.39, 0.29) is 5.89 Å². The fourth-order valence-electron chi connectivity index (χ4n) is 1.08. The minimum Gasteiger partial charge on any atom is -0.421 e. The molecule has 0 fully saturated rings. The number of rotatable bonds is 3. The molecule has 4 nitrogen and oxygen atoms in total. The predicted octanol–water partition coefficient (Wildman–Crippen LogP) is 2.05. The summed E-state index contributed by atoms with van der Waals surface area (Å²) in [5.41, 5.74) is 0.461. The second kappa shape index (κ2) is 4.35. The highest BCUT2D eigenvalue weighted by Gasteiger charge is 2.08. The number of hydrogen-bond acceptors (Lipinski definition) is 4. The number of hydrogen-bond donors (Lipinski definition) is 0. The molecule has 2 rings (SSSR count). The summed E-state index contributed by atoms with van der Waals surface area (Å²) in [7, 11) is 0. The number of nitrogens with zero attached hydrogens (tertiary/aromatic N) is 3. The Kier molecular flexibility index (Phi) is 2.91. The molecule has 0 saturated carbocycles. The van der Waals surface area contributed by atoms with Crippen molar-refractivity contribution in [3.63, 3.8) is 0 Å². The van der Waals surface area contributed by atoms with Crippen LogP contribution in [0.2, 0.25) is 0 Å². The van der Waals surface area contributed by atoms with Crippen LogP contribution >= 0.6 is 11.6 Å². The van der Waals surface area contributed by atoms with Gasteiger partial charge in [-0.05, 0) is 6.07 Å². The van der Waals surface area contributed by atoms with E-state index in [1.54, 1.807) is 0 Å². The third-order valence-electron chi connectivity index (χ3n) is 1.73. The predicted molar refractivity (Wildman–Crippen MR) is 51.9 cm³/mol. The number of aromatic nitrogens is 3. The number of alkyl halides is 1. The van der Waals surface area contributed by atoms with E-state index in [4.69, 9.17) is 16.0 Å². The molecule has 0 unspecified atom stereocenters. The van der Waals surface area contributed by atoms with E-state index in [2.05, 4.69) is 15.2 Å². The van der Waals surface area contributed by atoms with Crippen LogP contribution in [0.3, 0.4) is 0 Å². The average Bonchev–Trinajstić information content (AvgIpc) is 2.67. The first-order valence-electron chi connectivity index (χ1n) is 4.29. The smallest absolute Gasteiger partial charge is 0.249 e. The Morgan fingerprint density at radius 1 is 1.33 bits per heavy atom. The molecule has 0 bridgehead atoms. The SMILES string of the molecule is Fc1cncc(-c2nnc(CCCl)o2)c1.